The molecule has 1 atom stereocenters. The van der Waals surface area contributed by atoms with Gasteiger partial charge in [0.2, 0.25) is 24.1 Å². The van der Waals surface area contributed by atoms with Gasteiger partial charge in [-0.1, -0.05) is 42.8 Å². The maximum absolute atomic E-state index is 12.5. The Hall–Kier alpha value is -3.61. The minimum atomic E-state index is -0.474. The van der Waals surface area contributed by atoms with Gasteiger partial charge in [-0.05, 0) is 38.3 Å². The van der Waals surface area contributed by atoms with Crippen LogP contribution in [0.3, 0.4) is 0 Å². The van der Waals surface area contributed by atoms with Crippen molar-refractivity contribution in [2.75, 3.05) is 39.6 Å². The Labute approximate surface area is 230 Å². The number of nitrogens with zero attached hydrogens (tertiary/aromatic N) is 1. The molecule has 1 unspecified atom stereocenters. The number of hydrogen-bond donors (Lipinski definition) is 5. The van der Waals surface area contributed by atoms with Crippen LogP contribution in [0.2, 0.25) is 0 Å². The van der Waals surface area contributed by atoms with Gasteiger partial charge in [-0.15, -0.1) is 0 Å². The Morgan fingerprint density at radius 1 is 0.974 bits per heavy atom. The summed E-state index contributed by atoms with van der Waals surface area (Å²) in [4.78, 5) is 60.2. The second kappa shape index (κ2) is 21.3. The molecule has 12 nitrogen and oxygen atoms in total. The topological polar surface area (TPSA) is 158 Å². The molecular weight excluding hydrogens is 504 g/mol. The van der Waals surface area contributed by atoms with Crippen molar-refractivity contribution in [3.8, 4) is 0 Å². The number of carbonyl (C=O) groups excluding carboxylic acids is 5. The number of nitrogens with one attached hydrogen (secondary N) is 5. The van der Waals surface area contributed by atoms with Crippen LogP contribution in [-0.4, -0.2) is 80.7 Å². The molecule has 5 N–H and O–H groups in total. The summed E-state index contributed by atoms with van der Waals surface area (Å²) in [5.74, 6) is -1.06. The molecule has 0 radical (unpaired) electrons. The molecule has 0 bridgehead atoms. The highest BCUT2D eigenvalue weighted by molar-refractivity contribution is 5.94. The largest absolute Gasteiger partial charge is 0.362 e. The summed E-state index contributed by atoms with van der Waals surface area (Å²) in [6, 6.07) is 9.58. The van der Waals surface area contributed by atoms with E-state index in [1.807, 2.05) is 37.3 Å². The molecule has 39 heavy (non-hydrogen) atoms. The summed E-state index contributed by atoms with van der Waals surface area (Å²) in [7, 11) is 0. The van der Waals surface area contributed by atoms with E-state index >= 15 is 0 Å². The number of imide groups is 1. The minimum absolute atomic E-state index is 0.00755. The van der Waals surface area contributed by atoms with Crippen LogP contribution in [0.4, 0.5) is 0 Å². The maximum Gasteiger partial charge on any atom is 0.252 e. The zero-order chi connectivity index (χ0) is 28.7. The molecular formula is C27H42N6O6. The number of unbranched alkanes of at least 4 members (excludes halogenated alkanes) is 2. The highest BCUT2D eigenvalue weighted by atomic mass is 16.5. The van der Waals surface area contributed by atoms with E-state index in [4.69, 9.17) is 4.74 Å². The van der Waals surface area contributed by atoms with E-state index in [0.29, 0.717) is 51.7 Å². The van der Waals surface area contributed by atoms with Gasteiger partial charge in [0, 0.05) is 26.0 Å². The molecule has 1 aromatic carbocycles. The van der Waals surface area contributed by atoms with Gasteiger partial charge in [-0.3, -0.25) is 39.5 Å². The number of amides is 5. The number of allylic oxidation sites excluding steroid dienone is 1. The number of hydrogen-bond acceptors (Lipinski definition) is 8. The van der Waals surface area contributed by atoms with E-state index in [2.05, 4.69) is 26.6 Å². The monoisotopic (exact) mass is 546 g/mol. The lowest BCUT2D eigenvalue weighted by Crippen LogP contribution is -2.52. The molecule has 0 spiro atoms. The SMILES string of the molecule is C/C=C\C(=O)N(C=O)CCCCCC(=O)NCNCC(=O)NC(Cc1ccccc1)NCC(=O)NCOCC. The smallest absolute Gasteiger partial charge is 0.252 e. The van der Waals surface area contributed by atoms with Gasteiger partial charge in [-0.25, -0.2) is 0 Å². The van der Waals surface area contributed by atoms with E-state index in [0.717, 1.165) is 10.5 Å². The van der Waals surface area contributed by atoms with Crippen LogP contribution < -0.4 is 26.6 Å². The van der Waals surface area contributed by atoms with Gasteiger partial charge in [0.05, 0.1) is 25.9 Å². The first kappa shape index (κ1) is 33.4. The average molecular weight is 547 g/mol. The van der Waals surface area contributed by atoms with Crippen LogP contribution >= 0.6 is 0 Å². The third-order valence-corrected chi connectivity index (χ3v) is 5.42. The van der Waals surface area contributed by atoms with Gasteiger partial charge in [0.15, 0.2) is 0 Å². The summed E-state index contributed by atoms with van der Waals surface area (Å²) in [6.07, 6.45) is 5.64. The molecule has 5 amide bonds. The lowest BCUT2D eigenvalue weighted by atomic mass is 10.1. The molecule has 0 aromatic heterocycles. The molecule has 216 valence electrons. The van der Waals surface area contributed by atoms with Gasteiger partial charge in [0.1, 0.15) is 6.73 Å². The third kappa shape index (κ3) is 16.8. The summed E-state index contributed by atoms with van der Waals surface area (Å²) in [6.45, 7) is 4.58. The molecule has 0 saturated heterocycles. The summed E-state index contributed by atoms with van der Waals surface area (Å²) in [5, 5.41) is 14.1. The molecule has 0 aliphatic heterocycles. The molecule has 1 rings (SSSR count). The summed E-state index contributed by atoms with van der Waals surface area (Å²) < 4.78 is 5.11. The molecule has 0 fully saturated rings. The minimum Gasteiger partial charge on any atom is -0.362 e. The van der Waals surface area contributed by atoms with Crippen molar-refractivity contribution < 1.29 is 28.7 Å². The predicted octanol–water partition coefficient (Wildman–Crippen LogP) is 0.156. The average Bonchev–Trinajstić information content (AvgIpc) is 2.92. The van der Waals surface area contributed by atoms with Crippen LogP contribution in [0, 0.1) is 0 Å². The first-order chi connectivity index (χ1) is 18.9. The van der Waals surface area contributed by atoms with Crippen LogP contribution in [0.5, 0.6) is 0 Å². The molecule has 0 aliphatic carbocycles. The lowest BCUT2D eigenvalue weighted by molar-refractivity contribution is -0.134. The fourth-order valence-electron chi connectivity index (χ4n) is 3.40. The van der Waals surface area contributed by atoms with Crippen molar-refractivity contribution in [3.63, 3.8) is 0 Å². The fraction of sp³-hybridized carbons (Fsp3) is 0.519. The highest BCUT2D eigenvalue weighted by Gasteiger charge is 2.14. The highest BCUT2D eigenvalue weighted by Crippen LogP contribution is 2.03. The zero-order valence-electron chi connectivity index (χ0n) is 22.9. The van der Waals surface area contributed by atoms with Crippen LogP contribution in [0.15, 0.2) is 42.5 Å². The van der Waals surface area contributed by atoms with Crippen molar-refractivity contribution in [3.05, 3.63) is 48.0 Å². The zero-order valence-corrected chi connectivity index (χ0v) is 22.9. The van der Waals surface area contributed by atoms with Gasteiger partial charge in [-0.2, -0.15) is 0 Å². The van der Waals surface area contributed by atoms with Gasteiger partial charge >= 0.3 is 0 Å². The van der Waals surface area contributed by atoms with E-state index in [9.17, 15) is 24.0 Å². The van der Waals surface area contributed by atoms with Crippen molar-refractivity contribution in [2.24, 2.45) is 0 Å². The van der Waals surface area contributed by atoms with Crippen LogP contribution in [0.25, 0.3) is 0 Å². The Kier molecular flexibility index (Phi) is 18.3. The number of rotatable bonds is 21. The fourth-order valence-corrected chi connectivity index (χ4v) is 3.40. The second-order valence-electron chi connectivity index (χ2n) is 8.58. The van der Waals surface area contributed by atoms with Crippen LogP contribution in [0.1, 0.15) is 45.1 Å². The number of ether oxygens (including phenoxy) is 1. The van der Waals surface area contributed by atoms with E-state index in [-0.39, 0.29) is 50.1 Å². The summed E-state index contributed by atoms with van der Waals surface area (Å²) >= 11 is 0. The van der Waals surface area contributed by atoms with Crippen LogP contribution in [-0.2, 0) is 35.1 Å². The van der Waals surface area contributed by atoms with Crippen molar-refractivity contribution in [1.29, 1.82) is 0 Å². The lowest BCUT2D eigenvalue weighted by Gasteiger charge is -2.21. The van der Waals surface area contributed by atoms with E-state index in [1.54, 1.807) is 13.0 Å². The molecule has 0 aliphatic rings. The molecule has 0 heterocycles. The maximum atomic E-state index is 12.5. The Bertz CT molecular complexity index is 911. The standard InChI is InChI=1S/C27H42N6O6/c1-3-11-27(38)33(21-34)15-10-6-9-14-24(35)30-19-28-17-26(37)32-23(16-22-12-7-5-8-13-22)29-18-25(36)31-20-39-4-2/h3,5,7-8,11-13,21,23,28-29H,4,6,9-10,14-20H2,1-2H3,(H,30,35)(H,31,36)(H,32,37)/b11-3-. The third-order valence-electron chi connectivity index (χ3n) is 5.42. The Morgan fingerprint density at radius 3 is 2.44 bits per heavy atom. The number of carbonyl (C=O) groups is 5. The number of benzene rings is 1. The van der Waals surface area contributed by atoms with Crippen molar-refractivity contribution in [1.82, 2.24) is 31.5 Å². The first-order valence-corrected chi connectivity index (χ1v) is 13.2. The quantitative estimate of drug-likeness (QED) is 0.0631. The van der Waals surface area contributed by atoms with Gasteiger partial charge < -0.3 is 20.7 Å². The first-order valence-electron chi connectivity index (χ1n) is 13.2. The Morgan fingerprint density at radius 2 is 1.74 bits per heavy atom. The van der Waals surface area contributed by atoms with Crippen molar-refractivity contribution in [2.45, 2.75) is 52.1 Å². The molecule has 1 aromatic rings. The summed E-state index contributed by atoms with van der Waals surface area (Å²) in [5.41, 5.74) is 0.994. The second-order valence-corrected chi connectivity index (χ2v) is 8.58. The molecule has 12 heteroatoms. The van der Waals surface area contributed by atoms with E-state index < -0.39 is 6.17 Å². The normalized spacial score (nSPS) is 11.5. The van der Waals surface area contributed by atoms with Gasteiger partial charge in [0.25, 0.3) is 5.91 Å². The Balaban J connectivity index is 2.30. The van der Waals surface area contributed by atoms with E-state index in [1.165, 1.54) is 6.08 Å². The predicted molar refractivity (Wildman–Crippen MR) is 147 cm³/mol. The van der Waals surface area contributed by atoms with Crippen molar-refractivity contribution >= 4 is 30.0 Å². The molecule has 0 saturated carbocycles.